The minimum absolute atomic E-state index is 0.00277. The Labute approximate surface area is 315 Å². The molecule has 18 heteroatoms. The predicted octanol–water partition coefficient (Wildman–Crippen LogP) is 2.22. The van der Waals surface area contributed by atoms with Crippen LogP contribution in [0.4, 0.5) is 0 Å². The van der Waals surface area contributed by atoms with E-state index in [4.69, 9.17) is 28.1 Å². The largest absolute Gasteiger partial charge is 0.507 e. The zero-order valence-electron chi connectivity index (χ0n) is 29.4. The lowest BCUT2D eigenvalue weighted by molar-refractivity contribution is -0.277. The quantitative estimate of drug-likeness (QED) is 0.0793. The van der Waals surface area contributed by atoms with Crippen LogP contribution >= 0.6 is 0 Å². The van der Waals surface area contributed by atoms with Crippen molar-refractivity contribution in [2.75, 3.05) is 20.8 Å². The monoisotopic (exact) mass is 781 g/mol. The van der Waals surface area contributed by atoms with Crippen molar-refractivity contribution in [3.63, 3.8) is 0 Å². The number of hydrogen-bond acceptors (Lipinski definition) is 17. The lowest BCUT2D eigenvalue weighted by Crippen LogP contribution is -2.60. The van der Waals surface area contributed by atoms with E-state index in [1.165, 1.54) is 32.4 Å². The number of aromatic hydroxyl groups is 7. The van der Waals surface area contributed by atoms with Crippen molar-refractivity contribution in [2.24, 2.45) is 0 Å². The molecule has 56 heavy (non-hydrogen) atoms. The minimum atomic E-state index is -2.01. The SMILES string of the molecule is COc1cc(-c2[o+]c3cc(O)cc(O)c3c(-c3c(O)cc(O)c4c3OC(c3ccc(O)c(O)c3)C(O)C4)c2O[C@@H]2O[C@H](CO)[C@@H](O)[C@H](O)[C@H]2O)cc(OC)c1O. The lowest BCUT2D eigenvalue weighted by Gasteiger charge is -2.39. The second-order valence-corrected chi connectivity index (χ2v) is 13.2. The molecule has 0 aliphatic carbocycles. The summed E-state index contributed by atoms with van der Waals surface area (Å²) >= 11 is 0. The van der Waals surface area contributed by atoms with Crippen molar-refractivity contribution >= 4 is 11.0 Å². The maximum Gasteiger partial charge on any atom is 0.403 e. The van der Waals surface area contributed by atoms with Gasteiger partial charge in [0.25, 0.3) is 0 Å². The number of benzene rings is 4. The summed E-state index contributed by atoms with van der Waals surface area (Å²) in [6.45, 7) is -0.838. The average Bonchev–Trinajstić information content (AvgIpc) is 3.16. The molecule has 12 N–H and O–H groups in total. The van der Waals surface area contributed by atoms with E-state index in [0.29, 0.717) is 0 Å². The molecule has 1 saturated heterocycles. The zero-order chi connectivity index (χ0) is 40.3. The van der Waals surface area contributed by atoms with Crippen LogP contribution in [0.2, 0.25) is 0 Å². The van der Waals surface area contributed by atoms with Crippen LogP contribution in [0.3, 0.4) is 0 Å². The Bertz CT molecular complexity index is 2300. The molecule has 4 aromatic carbocycles. The minimum Gasteiger partial charge on any atom is -0.507 e. The molecule has 18 nitrogen and oxygen atoms in total. The fraction of sp³-hybridized carbons (Fsp3) is 0.289. The maximum atomic E-state index is 11.8. The average molecular weight is 782 g/mol. The summed E-state index contributed by atoms with van der Waals surface area (Å²) in [4.78, 5) is 0. The van der Waals surface area contributed by atoms with E-state index in [0.717, 1.165) is 30.3 Å². The summed E-state index contributed by atoms with van der Waals surface area (Å²) in [5.41, 5.74) is -0.809. The summed E-state index contributed by atoms with van der Waals surface area (Å²) in [7, 11) is 2.50. The van der Waals surface area contributed by atoms with Crippen molar-refractivity contribution < 1.29 is 89.4 Å². The van der Waals surface area contributed by atoms with Crippen LogP contribution < -0.4 is 18.9 Å². The molecule has 1 fully saturated rings. The number of phenols is 7. The first-order valence-corrected chi connectivity index (χ1v) is 16.9. The molecule has 3 heterocycles. The van der Waals surface area contributed by atoms with Gasteiger partial charge in [0.2, 0.25) is 17.8 Å². The second-order valence-electron chi connectivity index (χ2n) is 13.2. The van der Waals surface area contributed by atoms with Gasteiger partial charge in [0.05, 0.1) is 49.7 Å². The first-order chi connectivity index (χ1) is 26.7. The van der Waals surface area contributed by atoms with Gasteiger partial charge in [-0.05, 0) is 17.7 Å². The van der Waals surface area contributed by atoms with E-state index < -0.39 is 95.5 Å². The van der Waals surface area contributed by atoms with E-state index >= 15 is 0 Å². The van der Waals surface area contributed by atoms with Crippen LogP contribution in [0.5, 0.6) is 63.2 Å². The lowest BCUT2D eigenvalue weighted by atomic mass is 9.88. The molecule has 0 spiro atoms. The third-order valence-electron chi connectivity index (χ3n) is 9.71. The van der Waals surface area contributed by atoms with Gasteiger partial charge >= 0.3 is 11.3 Å². The Kier molecular flexibility index (Phi) is 9.87. The third kappa shape index (κ3) is 6.33. The molecular weight excluding hydrogens is 744 g/mol. The van der Waals surface area contributed by atoms with Crippen molar-refractivity contribution in [3.05, 3.63) is 59.7 Å². The number of phenolic OH excluding ortho intramolecular Hbond substituents is 7. The number of ether oxygens (including phenoxy) is 5. The van der Waals surface area contributed by atoms with E-state index in [9.17, 15) is 61.3 Å². The molecule has 0 radical (unpaired) electrons. The van der Waals surface area contributed by atoms with Gasteiger partial charge in [-0.2, -0.15) is 0 Å². The van der Waals surface area contributed by atoms with Gasteiger partial charge in [-0.3, -0.25) is 0 Å². The molecule has 0 amide bonds. The number of aliphatic hydroxyl groups excluding tert-OH is 5. The predicted molar refractivity (Wildman–Crippen MR) is 190 cm³/mol. The zero-order valence-corrected chi connectivity index (χ0v) is 29.4. The number of rotatable bonds is 8. The Morgan fingerprint density at radius 1 is 0.732 bits per heavy atom. The van der Waals surface area contributed by atoms with Crippen LogP contribution in [0.1, 0.15) is 17.2 Å². The topological polar surface area (TPSA) is 300 Å². The van der Waals surface area contributed by atoms with Gasteiger partial charge < -0.3 is 85.0 Å². The fourth-order valence-corrected chi connectivity index (χ4v) is 6.92. The first kappa shape index (κ1) is 38.1. The highest BCUT2D eigenvalue weighted by atomic mass is 16.7. The van der Waals surface area contributed by atoms with Gasteiger partial charge in [-0.15, -0.1) is 0 Å². The highest BCUT2D eigenvalue weighted by Crippen LogP contribution is 2.58. The summed E-state index contributed by atoms with van der Waals surface area (Å²) in [6, 6.07) is 9.18. The summed E-state index contributed by atoms with van der Waals surface area (Å²) in [6.07, 6.45) is -12.1. The van der Waals surface area contributed by atoms with Gasteiger partial charge in [0.15, 0.2) is 23.0 Å². The summed E-state index contributed by atoms with van der Waals surface area (Å²) < 4.78 is 35.2. The number of fused-ring (bicyclic) bond motifs is 2. The molecular formula is C38H37O18+. The molecule has 2 aliphatic rings. The summed E-state index contributed by atoms with van der Waals surface area (Å²) in [5, 5.41) is 129. The van der Waals surface area contributed by atoms with Crippen LogP contribution in [0.15, 0.2) is 52.9 Å². The van der Waals surface area contributed by atoms with Crippen molar-refractivity contribution in [3.8, 4) is 85.7 Å². The van der Waals surface area contributed by atoms with Gasteiger partial charge in [-0.25, -0.2) is 4.42 Å². The Morgan fingerprint density at radius 3 is 2.07 bits per heavy atom. The van der Waals surface area contributed by atoms with Crippen LogP contribution in [-0.4, -0.2) is 119 Å². The molecule has 7 atom stereocenters. The van der Waals surface area contributed by atoms with E-state index in [-0.39, 0.29) is 68.2 Å². The van der Waals surface area contributed by atoms with Crippen LogP contribution in [0.25, 0.3) is 33.4 Å². The first-order valence-electron chi connectivity index (χ1n) is 16.9. The highest BCUT2D eigenvalue weighted by molar-refractivity contribution is 6.06. The third-order valence-corrected chi connectivity index (χ3v) is 9.71. The Morgan fingerprint density at radius 2 is 1.43 bits per heavy atom. The van der Waals surface area contributed by atoms with E-state index in [2.05, 4.69) is 0 Å². The van der Waals surface area contributed by atoms with Crippen LogP contribution in [0, 0.1) is 0 Å². The smallest absolute Gasteiger partial charge is 0.403 e. The normalized spacial score (nSPS) is 23.3. The maximum absolute atomic E-state index is 11.8. The van der Waals surface area contributed by atoms with Crippen LogP contribution in [-0.2, 0) is 11.2 Å². The van der Waals surface area contributed by atoms with Crippen molar-refractivity contribution in [1.29, 1.82) is 0 Å². The van der Waals surface area contributed by atoms with Crippen molar-refractivity contribution in [1.82, 2.24) is 0 Å². The standard InChI is InChI=1S/C38H36O18/c1-51-24-6-14(7-25(52-2)30(24)47)35-37(56-38-33(50)32(49)31(48)26(12-39)54-38)29(27-20(44)8-15(40)9-23(27)53-35)28-21(45)11-18(42)16-10-22(46)34(55-36(16)28)13-3-4-17(41)19(43)5-13/h3-9,11,22,26,31-34,38-39,46,48-50H,10,12H2,1-2H3,(H6-,40,41,42,43,44,45,47)/p+1/t22?,26-,31-,32+,33-,34?,38+/m1/s1. The Balaban J connectivity index is 1.59. The number of aliphatic hydroxyl groups is 5. The number of methoxy groups -OCH3 is 2. The number of hydrogen-bond donors (Lipinski definition) is 12. The molecule has 5 aromatic rings. The highest BCUT2D eigenvalue weighted by Gasteiger charge is 2.47. The molecule has 2 aliphatic heterocycles. The van der Waals surface area contributed by atoms with Gasteiger partial charge in [0, 0.05) is 36.2 Å². The van der Waals surface area contributed by atoms with Gasteiger partial charge in [-0.1, -0.05) is 6.07 Å². The Hall–Kier alpha value is -6.15. The summed E-state index contributed by atoms with van der Waals surface area (Å²) in [5.74, 6) is -5.24. The van der Waals surface area contributed by atoms with Gasteiger partial charge in [0.1, 0.15) is 64.7 Å². The van der Waals surface area contributed by atoms with Crippen molar-refractivity contribution in [2.45, 2.75) is 49.3 Å². The molecule has 1 aromatic heterocycles. The molecule has 2 unspecified atom stereocenters. The fourth-order valence-electron chi connectivity index (χ4n) is 6.92. The van der Waals surface area contributed by atoms with E-state index in [1.54, 1.807) is 0 Å². The second kappa shape index (κ2) is 14.5. The molecule has 0 saturated carbocycles. The molecule has 296 valence electrons. The van der Waals surface area contributed by atoms with E-state index in [1.807, 2.05) is 0 Å². The molecule has 0 bridgehead atoms. The molecule has 7 rings (SSSR count).